The van der Waals surface area contributed by atoms with E-state index in [4.69, 9.17) is 4.74 Å². The zero-order chi connectivity index (χ0) is 13.0. The van der Waals surface area contributed by atoms with Crippen LogP contribution in [0.5, 0.6) is 5.75 Å². The Kier molecular flexibility index (Phi) is 4.60. The number of hydrogen-bond donors (Lipinski definition) is 1. The van der Waals surface area contributed by atoms with Crippen molar-refractivity contribution in [3.63, 3.8) is 0 Å². The Morgan fingerprint density at radius 1 is 1.17 bits per heavy atom. The van der Waals surface area contributed by atoms with Gasteiger partial charge < -0.3 is 9.84 Å². The molecule has 0 aliphatic heterocycles. The largest absolute Gasteiger partial charge is 0.497 e. The summed E-state index contributed by atoms with van der Waals surface area (Å²) in [6.07, 6.45) is 0.150. The number of methoxy groups -OCH3 is 1. The molecule has 0 heterocycles. The highest BCUT2D eigenvalue weighted by atomic mass is 127. The molecule has 0 fully saturated rings. The predicted molar refractivity (Wildman–Crippen MR) is 80.8 cm³/mol. The van der Waals surface area contributed by atoms with Crippen LogP contribution in [0.15, 0.2) is 48.5 Å². The van der Waals surface area contributed by atoms with Crippen LogP contribution >= 0.6 is 22.6 Å². The van der Waals surface area contributed by atoms with E-state index in [0.29, 0.717) is 6.42 Å². The Hall–Kier alpha value is -1.07. The van der Waals surface area contributed by atoms with Crippen molar-refractivity contribution in [3.05, 3.63) is 63.2 Å². The third-order valence-electron chi connectivity index (χ3n) is 2.82. The maximum Gasteiger partial charge on any atom is 0.118 e. The average Bonchev–Trinajstić information content (AvgIpc) is 2.39. The second-order valence-electron chi connectivity index (χ2n) is 4.12. The highest BCUT2D eigenvalue weighted by Crippen LogP contribution is 2.21. The zero-order valence-corrected chi connectivity index (χ0v) is 12.3. The van der Waals surface area contributed by atoms with Crippen molar-refractivity contribution in [2.75, 3.05) is 7.11 Å². The van der Waals surface area contributed by atoms with E-state index in [0.717, 1.165) is 20.4 Å². The van der Waals surface area contributed by atoms with E-state index in [9.17, 15) is 5.11 Å². The van der Waals surface area contributed by atoms with Gasteiger partial charge in [-0.25, -0.2) is 0 Å². The minimum absolute atomic E-state index is 0.465. The van der Waals surface area contributed by atoms with Crippen molar-refractivity contribution in [2.24, 2.45) is 0 Å². The fourth-order valence-corrected chi connectivity index (χ4v) is 2.38. The third-order valence-corrected chi connectivity index (χ3v) is 3.49. The molecule has 0 aromatic heterocycles. The second-order valence-corrected chi connectivity index (χ2v) is 5.37. The summed E-state index contributed by atoms with van der Waals surface area (Å²) in [4.78, 5) is 0. The molecule has 0 amide bonds. The molecule has 0 aliphatic carbocycles. The molecule has 2 aromatic rings. The highest BCUT2D eigenvalue weighted by Gasteiger charge is 2.08. The van der Waals surface area contributed by atoms with Crippen molar-refractivity contribution in [3.8, 4) is 5.75 Å². The molecule has 0 saturated carbocycles. The summed E-state index contributed by atoms with van der Waals surface area (Å²) in [5.41, 5.74) is 2.06. The molecule has 0 saturated heterocycles. The Labute approximate surface area is 121 Å². The van der Waals surface area contributed by atoms with E-state index in [1.165, 1.54) is 0 Å². The minimum Gasteiger partial charge on any atom is -0.497 e. The molecule has 2 nitrogen and oxygen atoms in total. The zero-order valence-electron chi connectivity index (χ0n) is 10.1. The van der Waals surface area contributed by atoms with Gasteiger partial charge >= 0.3 is 0 Å². The first-order valence-electron chi connectivity index (χ1n) is 5.75. The van der Waals surface area contributed by atoms with Crippen molar-refractivity contribution < 1.29 is 9.84 Å². The van der Waals surface area contributed by atoms with Gasteiger partial charge in [0.15, 0.2) is 0 Å². The van der Waals surface area contributed by atoms with Crippen LogP contribution in [0.4, 0.5) is 0 Å². The van der Waals surface area contributed by atoms with Gasteiger partial charge in [-0.05, 0) is 58.0 Å². The third kappa shape index (κ3) is 3.46. The van der Waals surface area contributed by atoms with E-state index < -0.39 is 6.10 Å². The van der Waals surface area contributed by atoms with Crippen LogP contribution < -0.4 is 4.74 Å². The number of ether oxygens (including phenoxy) is 1. The molecule has 2 rings (SSSR count). The molecular weight excluding hydrogens is 339 g/mol. The maximum absolute atomic E-state index is 10.2. The normalized spacial score (nSPS) is 12.2. The van der Waals surface area contributed by atoms with Crippen LogP contribution in [-0.2, 0) is 6.42 Å². The monoisotopic (exact) mass is 354 g/mol. The van der Waals surface area contributed by atoms with Crippen molar-refractivity contribution in [2.45, 2.75) is 12.5 Å². The van der Waals surface area contributed by atoms with Gasteiger partial charge in [0.05, 0.1) is 13.2 Å². The van der Waals surface area contributed by atoms with Crippen molar-refractivity contribution in [1.29, 1.82) is 0 Å². The summed E-state index contributed by atoms with van der Waals surface area (Å²) in [6.45, 7) is 0. The van der Waals surface area contributed by atoms with Gasteiger partial charge in [0.1, 0.15) is 5.75 Å². The van der Waals surface area contributed by atoms with Crippen molar-refractivity contribution in [1.82, 2.24) is 0 Å². The van der Waals surface area contributed by atoms with Crippen LogP contribution in [0.2, 0.25) is 0 Å². The molecule has 0 radical (unpaired) electrons. The summed E-state index contributed by atoms with van der Waals surface area (Å²) in [5.74, 6) is 0.836. The first-order valence-corrected chi connectivity index (χ1v) is 6.83. The maximum atomic E-state index is 10.2. The minimum atomic E-state index is -0.465. The number of halogens is 1. The van der Waals surface area contributed by atoms with E-state index in [1.54, 1.807) is 7.11 Å². The molecule has 94 valence electrons. The lowest BCUT2D eigenvalue weighted by Gasteiger charge is -2.11. The molecule has 0 bridgehead atoms. The summed E-state index contributed by atoms with van der Waals surface area (Å²) < 4.78 is 6.25. The number of rotatable bonds is 4. The van der Waals surface area contributed by atoms with Crippen LogP contribution in [-0.4, -0.2) is 12.2 Å². The lowest BCUT2D eigenvalue weighted by Crippen LogP contribution is -2.02. The van der Waals surface area contributed by atoms with Crippen LogP contribution in [0.25, 0.3) is 0 Å². The van der Waals surface area contributed by atoms with Crippen LogP contribution in [0.3, 0.4) is 0 Å². The van der Waals surface area contributed by atoms with Gasteiger partial charge in [0.2, 0.25) is 0 Å². The van der Waals surface area contributed by atoms with Gasteiger partial charge in [0.25, 0.3) is 0 Å². The second kappa shape index (κ2) is 6.20. The number of benzene rings is 2. The fourth-order valence-electron chi connectivity index (χ4n) is 1.82. The highest BCUT2D eigenvalue weighted by molar-refractivity contribution is 14.1. The summed E-state index contributed by atoms with van der Waals surface area (Å²) in [5, 5.41) is 10.2. The average molecular weight is 354 g/mol. The molecule has 0 aliphatic rings. The standard InChI is InChI=1S/C15H15IO2/c1-18-14-7-5-11(6-8-14)9-15(17)12-3-2-4-13(16)10-12/h2-8,10,15,17H,9H2,1H3. The molecule has 3 heteroatoms. The van der Waals surface area contributed by atoms with Gasteiger partial charge in [-0.15, -0.1) is 0 Å². The lowest BCUT2D eigenvalue weighted by molar-refractivity contribution is 0.178. The van der Waals surface area contributed by atoms with Gasteiger partial charge in [0, 0.05) is 9.99 Å². The molecule has 1 atom stereocenters. The van der Waals surface area contributed by atoms with E-state index in [1.807, 2.05) is 48.5 Å². The molecule has 18 heavy (non-hydrogen) atoms. The Bertz CT molecular complexity index is 508. The number of hydrogen-bond acceptors (Lipinski definition) is 2. The molecule has 1 unspecified atom stereocenters. The summed E-state index contributed by atoms with van der Waals surface area (Å²) in [7, 11) is 1.65. The lowest BCUT2D eigenvalue weighted by atomic mass is 10.0. The predicted octanol–water partition coefficient (Wildman–Crippen LogP) is 3.58. The Balaban J connectivity index is 2.08. The van der Waals surface area contributed by atoms with Crippen LogP contribution in [0, 0.1) is 3.57 Å². The fraction of sp³-hybridized carbons (Fsp3) is 0.200. The van der Waals surface area contributed by atoms with E-state index in [2.05, 4.69) is 22.6 Å². The molecule has 0 spiro atoms. The smallest absolute Gasteiger partial charge is 0.118 e. The van der Waals surface area contributed by atoms with Gasteiger partial charge in [-0.1, -0.05) is 24.3 Å². The summed E-state index contributed by atoms with van der Waals surface area (Å²) >= 11 is 2.25. The summed E-state index contributed by atoms with van der Waals surface area (Å²) in [6, 6.07) is 15.7. The van der Waals surface area contributed by atoms with Gasteiger partial charge in [-0.3, -0.25) is 0 Å². The van der Waals surface area contributed by atoms with E-state index in [-0.39, 0.29) is 0 Å². The SMILES string of the molecule is COc1ccc(CC(O)c2cccc(I)c2)cc1. The number of aliphatic hydroxyl groups is 1. The first-order chi connectivity index (χ1) is 8.69. The molecule has 2 aromatic carbocycles. The number of aliphatic hydroxyl groups excluding tert-OH is 1. The van der Waals surface area contributed by atoms with E-state index >= 15 is 0 Å². The quantitative estimate of drug-likeness (QED) is 0.851. The van der Waals surface area contributed by atoms with Gasteiger partial charge in [-0.2, -0.15) is 0 Å². The van der Waals surface area contributed by atoms with Crippen molar-refractivity contribution >= 4 is 22.6 Å². The molecular formula is C15H15IO2. The molecule has 1 N–H and O–H groups in total. The van der Waals surface area contributed by atoms with Crippen LogP contribution in [0.1, 0.15) is 17.2 Å². The Morgan fingerprint density at radius 2 is 1.89 bits per heavy atom. The topological polar surface area (TPSA) is 29.5 Å². The Morgan fingerprint density at radius 3 is 2.50 bits per heavy atom. The first kappa shape index (κ1) is 13.4.